The minimum absolute atomic E-state index is 0.0744. The molecule has 22 heavy (non-hydrogen) atoms. The smallest absolute Gasteiger partial charge is 0.234 e. The summed E-state index contributed by atoms with van der Waals surface area (Å²) in [5, 5.41) is 2.07. The molecule has 4 heteroatoms. The summed E-state index contributed by atoms with van der Waals surface area (Å²) in [6, 6.07) is 10.2. The average Bonchev–Trinajstić information content (AvgIpc) is 2.85. The molecular formula is C18H20N2OS. The van der Waals surface area contributed by atoms with Gasteiger partial charge in [0.25, 0.3) is 0 Å². The molecule has 1 atom stereocenters. The van der Waals surface area contributed by atoms with Gasteiger partial charge in [-0.05, 0) is 35.4 Å². The molecule has 0 radical (unpaired) electrons. The van der Waals surface area contributed by atoms with Crippen molar-refractivity contribution in [1.82, 2.24) is 9.88 Å². The van der Waals surface area contributed by atoms with E-state index in [1.54, 1.807) is 11.3 Å². The zero-order valence-corrected chi connectivity index (χ0v) is 13.8. The van der Waals surface area contributed by atoms with Gasteiger partial charge in [0.15, 0.2) is 0 Å². The first kappa shape index (κ1) is 13.9. The third kappa shape index (κ3) is 1.86. The first-order valence-electron chi connectivity index (χ1n) is 7.79. The van der Waals surface area contributed by atoms with E-state index >= 15 is 0 Å². The van der Waals surface area contributed by atoms with Gasteiger partial charge in [0, 0.05) is 35.8 Å². The lowest BCUT2D eigenvalue weighted by Crippen LogP contribution is -2.53. The van der Waals surface area contributed by atoms with E-state index in [9.17, 15) is 4.79 Å². The van der Waals surface area contributed by atoms with Gasteiger partial charge in [-0.3, -0.25) is 9.78 Å². The van der Waals surface area contributed by atoms with Crippen LogP contribution in [0.25, 0.3) is 0 Å². The van der Waals surface area contributed by atoms with Crippen LogP contribution < -0.4 is 0 Å². The maximum absolute atomic E-state index is 13.1. The standard InChI is InChI=1S/C18H20N2OS/c1-17(2)12-18(17,15-7-5-9-22-15)16(21)20-10-13(11-20)14-6-3-4-8-19-14/h3-9,13H,10-12H2,1-2H3. The highest BCUT2D eigenvalue weighted by atomic mass is 32.1. The molecular weight excluding hydrogens is 292 g/mol. The summed E-state index contributed by atoms with van der Waals surface area (Å²) in [5.41, 5.74) is 0.896. The van der Waals surface area contributed by atoms with Gasteiger partial charge in [-0.1, -0.05) is 26.0 Å². The van der Waals surface area contributed by atoms with E-state index in [1.807, 2.05) is 23.2 Å². The van der Waals surface area contributed by atoms with Crippen molar-refractivity contribution >= 4 is 17.2 Å². The Morgan fingerprint density at radius 1 is 1.27 bits per heavy atom. The second-order valence-electron chi connectivity index (χ2n) is 7.10. The summed E-state index contributed by atoms with van der Waals surface area (Å²) in [7, 11) is 0. The molecule has 4 rings (SSSR count). The van der Waals surface area contributed by atoms with Crippen LogP contribution in [0.1, 0.15) is 36.8 Å². The van der Waals surface area contributed by atoms with Gasteiger partial charge in [-0.15, -0.1) is 11.3 Å². The van der Waals surface area contributed by atoms with Crippen molar-refractivity contribution in [1.29, 1.82) is 0 Å². The van der Waals surface area contributed by atoms with Gasteiger partial charge >= 0.3 is 0 Å². The van der Waals surface area contributed by atoms with Crippen molar-refractivity contribution < 1.29 is 4.79 Å². The van der Waals surface area contributed by atoms with Gasteiger partial charge in [0.2, 0.25) is 5.91 Å². The average molecular weight is 312 g/mol. The lowest BCUT2D eigenvalue weighted by Gasteiger charge is -2.41. The highest BCUT2D eigenvalue weighted by molar-refractivity contribution is 7.10. The van der Waals surface area contributed by atoms with Crippen LogP contribution in [0, 0.1) is 5.41 Å². The molecule has 3 nitrogen and oxygen atoms in total. The monoisotopic (exact) mass is 312 g/mol. The minimum atomic E-state index is -0.281. The number of likely N-dealkylation sites (tertiary alicyclic amines) is 1. The number of thiophene rings is 1. The summed E-state index contributed by atoms with van der Waals surface area (Å²) in [6.45, 7) is 6.03. The molecule has 114 valence electrons. The van der Waals surface area contributed by atoms with E-state index in [0.29, 0.717) is 11.8 Å². The van der Waals surface area contributed by atoms with Crippen molar-refractivity contribution in [2.75, 3.05) is 13.1 Å². The molecule has 1 amide bonds. The fraction of sp³-hybridized carbons (Fsp3) is 0.444. The van der Waals surface area contributed by atoms with Crippen molar-refractivity contribution in [3.63, 3.8) is 0 Å². The Hall–Kier alpha value is -1.68. The maximum atomic E-state index is 13.1. The number of pyridine rings is 1. The first-order chi connectivity index (χ1) is 10.5. The SMILES string of the molecule is CC1(C)CC1(C(=O)N1CC(c2ccccn2)C1)c1cccs1. The highest BCUT2D eigenvalue weighted by Gasteiger charge is 2.69. The van der Waals surface area contributed by atoms with Gasteiger partial charge in [-0.2, -0.15) is 0 Å². The molecule has 2 aromatic heterocycles. The fourth-order valence-electron chi connectivity index (χ4n) is 3.75. The van der Waals surface area contributed by atoms with E-state index in [0.717, 1.165) is 25.2 Å². The maximum Gasteiger partial charge on any atom is 0.234 e. The zero-order valence-electron chi connectivity index (χ0n) is 13.0. The van der Waals surface area contributed by atoms with Gasteiger partial charge in [-0.25, -0.2) is 0 Å². The summed E-state index contributed by atoms with van der Waals surface area (Å²) in [5.74, 6) is 0.708. The van der Waals surface area contributed by atoms with Crippen LogP contribution in [-0.2, 0) is 10.2 Å². The highest BCUT2D eigenvalue weighted by Crippen LogP contribution is 2.66. The predicted molar refractivity (Wildman–Crippen MR) is 88.0 cm³/mol. The van der Waals surface area contributed by atoms with E-state index in [4.69, 9.17) is 0 Å². The number of amides is 1. The van der Waals surface area contributed by atoms with E-state index in [2.05, 4.69) is 42.4 Å². The lowest BCUT2D eigenvalue weighted by molar-refractivity contribution is -0.139. The quantitative estimate of drug-likeness (QED) is 0.870. The van der Waals surface area contributed by atoms with Crippen molar-refractivity contribution in [3.05, 3.63) is 52.5 Å². The number of hydrogen-bond donors (Lipinski definition) is 0. The molecule has 1 aliphatic carbocycles. The molecule has 2 fully saturated rings. The zero-order chi connectivity index (χ0) is 15.4. The van der Waals surface area contributed by atoms with Crippen LogP contribution in [0.4, 0.5) is 0 Å². The summed E-state index contributed by atoms with van der Waals surface area (Å²) in [4.78, 5) is 20.8. The van der Waals surface area contributed by atoms with Gasteiger partial charge in [0.05, 0.1) is 5.41 Å². The van der Waals surface area contributed by atoms with Gasteiger partial charge < -0.3 is 4.90 Å². The van der Waals surface area contributed by atoms with E-state index in [-0.39, 0.29) is 10.8 Å². The number of carbonyl (C=O) groups excluding carboxylic acids is 1. The Kier molecular flexibility index (Phi) is 2.95. The summed E-state index contributed by atoms with van der Waals surface area (Å²) >= 11 is 1.71. The molecule has 1 saturated heterocycles. The van der Waals surface area contributed by atoms with Crippen LogP contribution in [0.3, 0.4) is 0 Å². The number of aromatic nitrogens is 1. The van der Waals surface area contributed by atoms with Crippen LogP contribution >= 0.6 is 11.3 Å². The summed E-state index contributed by atoms with van der Waals surface area (Å²) in [6.07, 6.45) is 2.79. The molecule has 3 heterocycles. The Bertz CT molecular complexity index is 689. The Balaban J connectivity index is 1.52. The molecule has 0 spiro atoms. The van der Waals surface area contributed by atoms with Crippen LogP contribution in [0.2, 0.25) is 0 Å². The first-order valence-corrected chi connectivity index (χ1v) is 8.67. The molecule has 0 N–H and O–H groups in total. The second kappa shape index (κ2) is 4.66. The van der Waals surface area contributed by atoms with Gasteiger partial charge in [0.1, 0.15) is 0 Å². The molecule has 2 aromatic rings. The molecule has 1 aliphatic heterocycles. The van der Waals surface area contributed by atoms with E-state index in [1.165, 1.54) is 4.88 Å². The molecule has 0 aromatic carbocycles. The number of nitrogens with zero attached hydrogens (tertiary/aromatic N) is 2. The Labute approximate surface area is 135 Å². The third-order valence-corrected chi connectivity index (χ3v) is 6.35. The number of rotatable bonds is 3. The Morgan fingerprint density at radius 2 is 2.05 bits per heavy atom. The van der Waals surface area contributed by atoms with Crippen molar-refractivity contribution in [2.45, 2.75) is 31.6 Å². The van der Waals surface area contributed by atoms with Crippen LogP contribution in [-0.4, -0.2) is 28.9 Å². The molecule has 1 saturated carbocycles. The van der Waals surface area contributed by atoms with Crippen molar-refractivity contribution in [2.24, 2.45) is 5.41 Å². The number of carbonyl (C=O) groups is 1. The largest absolute Gasteiger partial charge is 0.340 e. The fourth-order valence-corrected chi connectivity index (χ4v) is 4.85. The molecule has 0 bridgehead atoms. The van der Waals surface area contributed by atoms with Crippen LogP contribution in [0.15, 0.2) is 41.9 Å². The summed E-state index contributed by atoms with van der Waals surface area (Å²) < 4.78 is 0. The predicted octanol–water partition coefficient (Wildman–Crippen LogP) is 3.44. The van der Waals surface area contributed by atoms with Crippen LogP contribution in [0.5, 0.6) is 0 Å². The van der Waals surface area contributed by atoms with Crippen molar-refractivity contribution in [3.8, 4) is 0 Å². The minimum Gasteiger partial charge on any atom is -0.340 e. The third-order valence-electron chi connectivity index (χ3n) is 5.32. The topological polar surface area (TPSA) is 33.2 Å². The second-order valence-corrected chi connectivity index (χ2v) is 8.05. The molecule has 2 aliphatic rings. The lowest BCUT2D eigenvalue weighted by atomic mass is 9.88. The Morgan fingerprint density at radius 3 is 2.59 bits per heavy atom. The normalized spacial score (nSPS) is 26.5. The number of hydrogen-bond acceptors (Lipinski definition) is 3. The van der Waals surface area contributed by atoms with E-state index < -0.39 is 0 Å². The molecule has 1 unspecified atom stereocenters.